The molecule has 1 amide bonds. The number of alkyl halides is 3. The SMILES string of the molecule is CCOc1ccc(NCC(=O)Nc2c(C)cccc2C)c(C(F)(F)F)c1. The molecule has 0 aromatic heterocycles. The van der Waals surface area contributed by atoms with Gasteiger partial charge in [0.05, 0.1) is 18.7 Å². The first-order valence-corrected chi connectivity index (χ1v) is 8.16. The Morgan fingerprint density at radius 1 is 1.12 bits per heavy atom. The van der Waals surface area contributed by atoms with E-state index in [-0.39, 0.29) is 24.6 Å². The zero-order valence-electron chi connectivity index (χ0n) is 14.8. The van der Waals surface area contributed by atoms with Gasteiger partial charge in [0, 0.05) is 11.4 Å². The van der Waals surface area contributed by atoms with Crippen LogP contribution in [0.1, 0.15) is 23.6 Å². The van der Waals surface area contributed by atoms with Crippen LogP contribution in [0.5, 0.6) is 5.75 Å². The maximum atomic E-state index is 13.2. The number of halogens is 3. The normalized spacial score (nSPS) is 11.2. The lowest BCUT2D eigenvalue weighted by molar-refractivity contribution is -0.137. The molecule has 0 saturated carbocycles. The number of para-hydroxylation sites is 1. The summed E-state index contributed by atoms with van der Waals surface area (Å²) in [5.41, 5.74) is 1.40. The molecule has 0 aliphatic rings. The number of aryl methyl sites for hydroxylation is 2. The van der Waals surface area contributed by atoms with Crippen molar-refractivity contribution in [3.63, 3.8) is 0 Å². The summed E-state index contributed by atoms with van der Waals surface area (Å²) in [6, 6.07) is 9.20. The van der Waals surface area contributed by atoms with Crippen LogP contribution in [-0.4, -0.2) is 19.1 Å². The Bertz CT molecular complexity index is 769. The van der Waals surface area contributed by atoms with E-state index in [1.165, 1.54) is 12.1 Å². The molecule has 0 bridgehead atoms. The van der Waals surface area contributed by atoms with Crippen LogP contribution in [0.3, 0.4) is 0 Å². The van der Waals surface area contributed by atoms with E-state index >= 15 is 0 Å². The fourth-order valence-corrected chi connectivity index (χ4v) is 2.54. The van der Waals surface area contributed by atoms with E-state index in [0.717, 1.165) is 17.2 Å². The van der Waals surface area contributed by atoms with Crippen LogP contribution >= 0.6 is 0 Å². The Hall–Kier alpha value is -2.70. The Morgan fingerprint density at radius 3 is 2.35 bits per heavy atom. The number of benzene rings is 2. The number of amides is 1. The van der Waals surface area contributed by atoms with Gasteiger partial charge in [-0.3, -0.25) is 4.79 Å². The molecule has 0 saturated heterocycles. The summed E-state index contributed by atoms with van der Waals surface area (Å²) in [6.45, 7) is 5.37. The monoisotopic (exact) mass is 366 g/mol. The molecular formula is C19H21F3N2O2. The predicted molar refractivity (Wildman–Crippen MR) is 95.6 cm³/mol. The van der Waals surface area contributed by atoms with Gasteiger partial charge >= 0.3 is 6.18 Å². The molecule has 2 rings (SSSR count). The topological polar surface area (TPSA) is 50.4 Å². The van der Waals surface area contributed by atoms with Gasteiger partial charge in [0.15, 0.2) is 0 Å². The summed E-state index contributed by atoms with van der Waals surface area (Å²) in [7, 11) is 0. The van der Waals surface area contributed by atoms with Gasteiger partial charge in [0.25, 0.3) is 0 Å². The van der Waals surface area contributed by atoms with Crippen LogP contribution in [0.15, 0.2) is 36.4 Å². The zero-order chi connectivity index (χ0) is 19.3. The van der Waals surface area contributed by atoms with Crippen molar-refractivity contribution in [3.05, 3.63) is 53.1 Å². The van der Waals surface area contributed by atoms with E-state index in [4.69, 9.17) is 4.74 Å². The predicted octanol–water partition coefficient (Wildman–Crippen LogP) is 4.77. The van der Waals surface area contributed by atoms with Crippen molar-refractivity contribution in [2.24, 2.45) is 0 Å². The molecule has 0 aliphatic carbocycles. The van der Waals surface area contributed by atoms with Crippen molar-refractivity contribution >= 4 is 17.3 Å². The minimum atomic E-state index is -4.56. The van der Waals surface area contributed by atoms with Gasteiger partial charge in [-0.15, -0.1) is 0 Å². The van der Waals surface area contributed by atoms with Gasteiger partial charge in [0.1, 0.15) is 5.75 Å². The molecule has 26 heavy (non-hydrogen) atoms. The lowest BCUT2D eigenvalue weighted by Gasteiger charge is -2.17. The summed E-state index contributed by atoms with van der Waals surface area (Å²) in [5.74, 6) is -0.297. The smallest absolute Gasteiger partial charge is 0.418 e. The van der Waals surface area contributed by atoms with Gasteiger partial charge in [-0.05, 0) is 50.1 Å². The van der Waals surface area contributed by atoms with Crippen molar-refractivity contribution < 1.29 is 22.7 Å². The molecule has 0 aliphatic heterocycles. The number of hydrogen-bond acceptors (Lipinski definition) is 3. The Kier molecular flexibility index (Phi) is 6.13. The van der Waals surface area contributed by atoms with Gasteiger partial charge in [-0.1, -0.05) is 18.2 Å². The third-order valence-corrected chi connectivity index (χ3v) is 3.79. The minimum absolute atomic E-state index is 0.130. The number of hydrogen-bond donors (Lipinski definition) is 2. The molecule has 7 heteroatoms. The average Bonchev–Trinajstić information content (AvgIpc) is 2.56. The highest BCUT2D eigenvalue weighted by Gasteiger charge is 2.34. The minimum Gasteiger partial charge on any atom is -0.494 e. The van der Waals surface area contributed by atoms with E-state index in [1.54, 1.807) is 6.92 Å². The van der Waals surface area contributed by atoms with Crippen LogP contribution < -0.4 is 15.4 Å². The maximum Gasteiger partial charge on any atom is 0.418 e. The summed E-state index contributed by atoms with van der Waals surface area (Å²) in [5, 5.41) is 5.29. The van der Waals surface area contributed by atoms with Gasteiger partial charge in [-0.2, -0.15) is 13.2 Å². The van der Waals surface area contributed by atoms with Gasteiger partial charge in [-0.25, -0.2) is 0 Å². The van der Waals surface area contributed by atoms with Crippen molar-refractivity contribution in [1.29, 1.82) is 0 Å². The molecule has 0 radical (unpaired) electrons. The second-order valence-corrected chi connectivity index (χ2v) is 5.81. The Balaban J connectivity index is 2.12. The van der Waals surface area contributed by atoms with Crippen LogP contribution in [0.4, 0.5) is 24.5 Å². The van der Waals surface area contributed by atoms with E-state index < -0.39 is 17.6 Å². The molecule has 0 atom stereocenters. The number of anilines is 2. The third kappa shape index (κ3) is 4.91. The zero-order valence-corrected chi connectivity index (χ0v) is 14.8. The summed E-state index contributed by atoms with van der Waals surface area (Å²) < 4.78 is 44.9. The lowest BCUT2D eigenvalue weighted by atomic mass is 10.1. The first kappa shape index (κ1) is 19.6. The third-order valence-electron chi connectivity index (χ3n) is 3.79. The van der Waals surface area contributed by atoms with Crippen molar-refractivity contribution in [1.82, 2.24) is 0 Å². The average molecular weight is 366 g/mol. The fraction of sp³-hybridized carbons (Fsp3) is 0.316. The highest BCUT2D eigenvalue weighted by Crippen LogP contribution is 2.37. The number of rotatable bonds is 6. The van der Waals surface area contributed by atoms with E-state index in [1.807, 2.05) is 32.0 Å². The van der Waals surface area contributed by atoms with Crippen molar-refractivity contribution in [2.45, 2.75) is 26.9 Å². The number of carbonyl (C=O) groups excluding carboxylic acids is 1. The molecular weight excluding hydrogens is 345 g/mol. The highest BCUT2D eigenvalue weighted by molar-refractivity contribution is 5.95. The maximum absolute atomic E-state index is 13.2. The lowest BCUT2D eigenvalue weighted by Crippen LogP contribution is -2.24. The van der Waals surface area contributed by atoms with Crippen LogP contribution in [0, 0.1) is 13.8 Å². The molecule has 0 spiro atoms. The second kappa shape index (κ2) is 8.12. The molecule has 0 unspecified atom stereocenters. The first-order chi connectivity index (χ1) is 12.2. The molecule has 140 valence electrons. The molecule has 2 aromatic rings. The fourth-order valence-electron chi connectivity index (χ4n) is 2.54. The second-order valence-electron chi connectivity index (χ2n) is 5.81. The van der Waals surface area contributed by atoms with Crippen molar-refractivity contribution in [3.8, 4) is 5.75 Å². The summed E-state index contributed by atoms with van der Waals surface area (Å²) in [4.78, 5) is 12.1. The van der Waals surface area contributed by atoms with E-state index in [2.05, 4.69) is 10.6 Å². The summed E-state index contributed by atoms with van der Waals surface area (Å²) in [6.07, 6.45) is -4.56. The van der Waals surface area contributed by atoms with Crippen molar-refractivity contribution in [2.75, 3.05) is 23.8 Å². The highest BCUT2D eigenvalue weighted by atomic mass is 19.4. The van der Waals surface area contributed by atoms with Crippen LogP contribution in [0.25, 0.3) is 0 Å². The summed E-state index contributed by atoms with van der Waals surface area (Å²) >= 11 is 0. The van der Waals surface area contributed by atoms with Crippen LogP contribution in [0.2, 0.25) is 0 Å². The van der Waals surface area contributed by atoms with Gasteiger partial charge < -0.3 is 15.4 Å². The number of ether oxygens (including phenoxy) is 1. The quantitative estimate of drug-likeness (QED) is 0.774. The molecule has 2 N–H and O–H groups in total. The largest absolute Gasteiger partial charge is 0.494 e. The number of nitrogens with one attached hydrogen (secondary N) is 2. The Morgan fingerprint density at radius 2 is 1.77 bits per heavy atom. The number of carbonyl (C=O) groups is 1. The first-order valence-electron chi connectivity index (χ1n) is 8.16. The Labute approximate surface area is 150 Å². The molecule has 0 heterocycles. The van der Waals surface area contributed by atoms with Crippen LogP contribution in [-0.2, 0) is 11.0 Å². The molecule has 0 fully saturated rings. The standard InChI is InChI=1S/C19H21F3N2O2/c1-4-26-14-8-9-16(15(10-14)19(20,21)22)23-11-17(25)24-18-12(2)6-5-7-13(18)3/h5-10,23H,4,11H2,1-3H3,(H,24,25). The van der Waals surface area contributed by atoms with Gasteiger partial charge in [0.2, 0.25) is 5.91 Å². The van der Waals surface area contributed by atoms with E-state index in [0.29, 0.717) is 5.69 Å². The molecule has 4 nitrogen and oxygen atoms in total. The van der Waals surface area contributed by atoms with E-state index in [9.17, 15) is 18.0 Å². The molecule has 2 aromatic carbocycles.